The Labute approximate surface area is 151 Å². The van der Waals surface area contributed by atoms with Crippen LogP contribution in [0.25, 0.3) is 22.2 Å². The lowest BCUT2D eigenvalue weighted by Gasteiger charge is -2.17. The molecule has 1 aliphatic heterocycles. The van der Waals surface area contributed by atoms with E-state index < -0.39 is 17.8 Å². The standard InChI is InChI=1S/C18H13F3N4O2/c1-25-9-22-14-5-3-10(7-16(14)25)12-4-2-11(6-13(12)18(19,20)21)15-8-27-17(26)24-23-15/h2-7,9H,8H2,1H3,(H,24,26). The minimum atomic E-state index is -4.56. The molecular formula is C18H13F3N4O2. The van der Waals surface area contributed by atoms with E-state index >= 15 is 0 Å². The van der Waals surface area contributed by atoms with Gasteiger partial charge in [0.25, 0.3) is 0 Å². The van der Waals surface area contributed by atoms with Gasteiger partial charge in [0, 0.05) is 12.6 Å². The Balaban J connectivity index is 1.84. The van der Waals surface area contributed by atoms with Gasteiger partial charge in [-0.25, -0.2) is 15.2 Å². The number of amides is 1. The normalized spacial score (nSPS) is 14.7. The van der Waals surface area contributed by atoms with Crippen molar-refractivity contribution in [3.8, 4) is 11.1 Å². The fourth-order valence-corrected chi connectivity index (χ4v) is 2.96. The summed E-state index contributed by atoms with van der Waals surface area (Å²) in [6, 6.07) is 8.91. The van der Waals surface area contributed by atoms with Gasteiger partial charge in [-0.1, -0.05) is 18.2 Å². The van der Waals surface area contributed by atoms with Crippen LogP contribution in [0.4, 0.5) is 18.0 Å². The molecule has 0 saturated carbocycles. The number of aryl methyl sites for hydroxylation is 1. The van der Waals surface area contributed by atoms with E-state index in [9.17, 15) is 18.0 Å². The summed E-state index contributed by atoms with van der Waals surface area (Å²) >= 11 is 0. The molecule has 1 aliphatic rings. The van der Waals surface area contributed by atoms with Crippen LogP contribution in [0.1, 0.15) is 11.1 Å². The molecule has 6 nitrogen and oxygen atoms in total. The lowest BCUT2D eigenvalue weighted by atomic mass is 9.95. The van der Waals surface area contributed by atoms with Crippen molar-refractivity contribution < 1.29 is 22.7 Å². The first-order valence-electron chi connectivity index (χ1n) is 7.95. The van der Waals surface area contributed by atoms with E-state index in [4.69, 9.17) is 4.74 Å². The van der Waals surface area contributed by atoms with E-state index in [1.165, 1.54) is 12.1 Å². The number of rotatable bonds is 2. The van der Waals surface area contributed by atoms with Gasteiger partial charge in [0.2, 0.25) is 0 Å². The molecule has 0 fully saturated rings. The molecule has 3 aromatic rings. The highest BCUT2D eigenvalue weighted by molar-refractivity contribution is 6.04. The zero-order chi connectivity index (χ0) is 19.2. The summed E-state index contributed by atoms with van der Waals surface area (Å²) in [6.45, 7) is -0.191. The van der Waals surface area contributed by atoms with Gasteiger partial charge in [-0.15, -0.1) is 0 Å². The molecule has 2 aromatic carbocycles. The number of hydrazone groups is 1. The molecule has 1 aromatic heterocycles. The smallest absolute Gasteiger partial charge is 0.428 e. The van der Waals surface area contributed by atoms with Crippen LogP contribution in [-0.2, 0) is 18.0 Å². The Morgan fingerprint density at radius 1 is 1.15 bits per heavy atom. The van der Waals surface area contributed by atoms with Crippen molar-refractivity contribution >= 4 is 22.8 Å². The van der Waals surface area contributed by atoms with E-state index in [1.807, 2.05) is 0 Å². The van der Waals surface area contributed by atoms with Crippen LogP contribution in [0, 0.1) is 0 Å². The second-order valence-corrected chi connectivity index (χ2v) is 6.06. The number of carbonyl (C=O) groups excluding carboxylic acids is 1. The number of nitrogens with one attached hydrogen (secondary N) is 1. The number of cyclic esters (lactones) is 1. The zero-order valence-electron chi connectivity index (χ0n) is 14.0. The Morgan fingerprint density at radius 2 is 1.93 bits per heavy atom. The molecule has 0 radical (unpaired) electrons. The van der Waals surface area contributed by atoms with Gasteiger partial charge in [0.1, 0.15) is 12.3 Å². The van der Waals surface area contributed by atoms with Crippen LogP contribution in [0.15, 0.2) is 47.8 Å². The number of imidazole rings is 1. The number of nitrogens with zero attached hydrogens (tertiary/aromatic N) is 3. The SMILES string of the molecule is Cn1cnc2ccc(-c3ccc(C4=NNC(=O)OC4)cc3C(F)(F)F)cc21. The molecule has 138 valence electrons. The first-order valence-corrected chi connectivity index (χ1v) is 7.95. The molecular weight excluding hydrogens is 361 g/mol. The Bertz CT molecular complexity index is 1090. The molecule has 9 heteroatoms. The summed E-state index contributed by atoms with van der Waals surface area (Å²) in [4.78, 5) is 15.2. The van der Waals surface area contributed by atoms with Crippen molar-refractivity contribution in [2.24, 2.45) is 12.1 Å². The summed E-state index contributed by atoms with van der Waals surface area (Å²) in [5.41, 5.74) is 3.67. The minimum absolute atomic E-state index is 0.0516. The van der Waals surface area contributed by atoms with E-state index in [2.05, 4.69) is 15.5 Å². The van der Waals surface area contributed by atoms with Crippen LogP contribution in [0.5, 0.6) is 0 Å². The third kappa shape index (κ3) is 3.12. The number of halogens is 3. The molecule has 27 heavy (non-hydrogen) atoms. The molecule has 1 amide bonds. The second-order valence-electron chi connectivity index (χ2n) is 6.06. The molecule has 0 aliphatic carbocycles. The average Bonchev–Trinajstić information content (AvgIpc) is 3.02. The van der Waals surface area contributed by atoms with Crippen LogP contribution in [0.3, 0.4) is 0 Å². The van der Waals surface area contributed by atoms with E-state index in [0.29, 0.717) is 11.1 Å². The van der Waals surface area contributed by atoms with Crippen LogP contribution >= 0.6 is 0 Å². The van der Waals surface area contributed by atoms with E-state index in [-0.39, 0.29) is 23.4 Å². The van der Waals surface area contributed by atoms with Gasteiger partial charge >= 0.3 is 12.3 Å². The summed E-state index contributed by atoms with van der Waals surface area (Å²) in [6.07, 6.45) is -3.69. The average molecular weight is 374 g/mol. The number of carbonyl (C=O) groups is 1. The van der Waals surface area contributed by atoms with Crippen LogP contribution < -0.4 is 5.43 Å². The molecule has 2 heterocycles. The molecule has 0 spiro atoms. The Hall–Kier alpha value is -3.36. The van der Waals surface area contributed by atoms with Crippen molar-refractivity contribution in [2.75, 3.05) is 6.61 Å². The molecule has 4 rings (SSSR count). The molecule has 0 bridgehead atoms. The largest absolute Gasteiger partial charge is 0.442 e. The zero-order valence-corrected chi connectivity index (χ0v) is 14.0. The maximum absolute atomic E-state index is 13.7. The highest BCUT2D eigenvalue weighted by atomic mass is 19.4. The second kappa shape index (κ2) is 6.11. The van der Waals surface area contributed by atoms with Crippen molar-refractivity contribution in [3.63, 3.8) is 0 Å². The number of hydrogen-bond acceptors (Lipinski definition) is 4. The van der Waals surface area contributed by atoms with Gasteiger partial charge < -0.3 is 9.30 Å². The van der Waals surface area contributed by atoms with Crippen molar-refractivity contribution in [2.45, 2.75) is 6.18 Å². The lowest BCUT2D eigenvalue weighted by molar-refractivity contribution is -0.137. The van der Waals surface area contributed by atoms with Crippen LogP contribution in [-0.4, -0.2) is 28.0 Å². The van der Waals surface area contributed by atoms with E-state index in [1.54, 1.807) is 36.1 Å². The quantitative estimate of drug-likeness (QED) is 0.744. The van der Waals surface area contributed by atoms with Crippen molar-refractivity contribution in [1.82, 2.24) is 15.0 Å². The number of alkyl halides is 3. The first kappa shape index (κ1) is 17.1. The third-order valence-corrected chi connectivity index (χ3v) is 4.32. The fourth-order valence-electron chi connectivity index (χ4n) is 2.96. The summed E-state index contributed by atoms with van der Waals surface area (Å²) < 4.78 is 47.7. The first-order chi connectivity index (χ1) is 12.8. The summed E-state index contributed by atoms with van der Waals surface area (Å²) in [5.74, 6) is 0. The topological polar surface area (TPSA) is 68.5 Å². The van der Waals surface area contributed by atoms with Gasteiger partial charge in [0.05, 0.1) is 22.9 Å². The maximum Gasteiger partial charge on any atom is 0.428 e. The highest BCUT2D eigenvalue weighted by Crippen LogP contribution is 2.38. The molecule has 0 atom stereocenters. The summed E-state index contributed by atoms with van der Waals surface area (Å²) in [5, 5.41) is 3.77. The Kier molecular flexibility index (Phi) is 3.87. The van der Waals surface area contributed by atoms with Crippen molar-refractivity contribution in [3.05, 3.63) is 53.9 Å². The van der Waals surface area contributed by atoms with Gasteiger partial charge in [-0.05, 0) is 29.3 Å². The Morgan fingerprint density at radius 3 is 2.63 bits per heavy atom. The number of benzene rings is 2. The van der Waals surface area contributed by atoms with E-state index in [0.717, 1.165) is 11.6 Å². The fraction of sp³-hybridized carbons (Fsp3) is 0.167. The molecule has 0 unspecified atom stereocenters. The molecule has 0 saturated heterocycles. The summed E-state index contributed by atoms with van der Waals surface area (Å²) in [7, 11) is 1.78. The number of hydrogen-bond donors (Lipinski definition) is 1. The predicted octanol–water partition coefficient (Wildman–Crippen LogP) is 3.70. The number of aromatic nitrogens is 2. The third-order valence-electron chi connectivity index (χ3n) is 4.32. The predicted molar refractivity (Wildman–Crippen MR) is 92.2 cm³/mol. The van der Waals surface area contributed by atoms with Gasteiger partial charge in [-0.2, -0.15) is 18.3 Å². The minimum Gasteiger partial charge on any atom is -0.442 e. The van der Waals surface area contributed by atoms with Gasteiger partial charge in [0.15, 0.2) is 0 Å². The highest BCUT2D eigenvalue weighted by Gasteiger charge is 2.34. The number of fused-ring (bicyclic) bond motifs is 1. The molecule has 1 N–H and O–H groups in total. The maximum atomic E-state index is 13.7. The van der Waals surface area contributed by atoms with Crippen molar-refractivity contribution in [1.29, 1.82) is 0 Å². The van der Waals surface area contributed by atoms with Gasteiger partial charge in [-0.3, -0.25) is 0 Å². The lowest BCUT2D eigenvalue weighted by Crippen LogP contribution is -2.30. The van der Waals surface area contributed by atoms with Crippen LogP contribution in [0.2, 0.25) is 0 Å². The monoisotopic (exact) mass is 374 g/mol. The number of ether oxygens (including phenoxy) is 1.